The number of hydrogen-bond acceptors (Lipinski definition) is 2. The summed E-state index contributed by atoms with van der Waals surface area (Å²) in [6, 6.07) is 1.88. The van der Waals surface area contributed by atoms with Gasteiger partial charge < -0.3 is 9.52 Å². The monoisotopic (exact) mass is 222 g/mol. The van der Waals surface area contributed by atoms with Gasteiger partial charge in [-0.05, 0) is 29.7 Å². The summed E-state index contributed by atoms with van der Waals surface area (Å²) in [6.07, 6.45) is 6.63. The maximum absolute atomic E-state index is 10.5. The van der Waals surface area contributed by atoms with Crippen molar-refractivity contribution in [2.24, 2.45) is 17.3 Å². The molecule has 0 spiro atoms. The van der Waals surface area contributed by atoms with Crippen molar-refractivity contribution in [3.63, 3.8) is 0 Å². The molecule has 0 amide bonds. The van der Waals surface area contributed by atoms with Crippen molar-refractivity contribution in [3.05, 3.63) is 24.2 Å². The molecule has 1 N–H and O–H groups in total. The van der Waals surface area contributed by atoms with Crippen molar-refractivity contribution in [2.75, 3.05) is 0 Å². The molecule has 0 unspecified atom stereocenters. The van der Waals surface area contributed by atoms with E-state index in [1.54, 1.807) is 12.5 Å². The Hall–Kier alpha value is -0.760. The van der Waals surface area contributed by atoms with E-state index >= 15 is 0 Å². The molecule has 3 atom stereocenters. The molecule has 1 aliphatic rings. The summed E-state index contributed by atoms with van der Waals surface area (Å²) < 4.78 is 5.07. The van der Waals surface area contributed by atoms with Gasteiger partial charge in [-0.15, -0.1) is 0 Å². The van der Waals surface area contributed by atoms with Gasteiger partial charge in [-0.1, -0.05) is 33.6 Å². The summed E-state index contributed by atoms with van der Waals surface area (Å²) >= 11 is 0. The molecule has 2 nitrogen and oxygen atoms in total. The van der Waals surface area contributed by atoms with E-state index in [2.05, 4.69) is 20.8 Å². The molecule has 90 valence electrons. The summed E-state index contributed by atoms with van der Waals surface area (Å²) in [7, 11) is 0. The summed E-state index contributed by atoms with van der Waals surface area (Å²) in [5, 5.41) is 10.5. The molecule has 1 heterocycles. The zero-order valence-corrected chi connectivity index (χ0v) is 10.4. The molecule has 1 fully saturated rings. The van der Waals surface area contributed by atoms with Crippen LogP contribution in [0, 0.1) is 17.3 Å². The predicted molar refractivity (Wildman–Crippen MR) is 64.0 cm³/mol. The fourth-order valence-corrected chi connectivity index (χ4v) is 3.39. The maximum Gasteiger partial charge on any atom is 0.0960 e. The van der Waals surface area contributed by atoms with Crippen LogP contribution in [-0.4, -0.2) is 5.11 Å². The second-order valence-corrected chi connectivity index (χ2v) is 5.89. The quantitative estimate of drug-likeness (QED) is 0.826. The van der Waals surface area contributed by atoms with Gasteiger partial charge in [-0.2, -0.15) is 0 Å². The van der Waals surface area contributed by atoms with Crippen molar-refractivity contribution >= 4 is 0 Å². The Morgan fingerprint density at radius 3 is 2.81 bits per heavy atom. The number of furan rings is 1. The van der Waals surface area contributed by atoms with E-state index in [9.17, 15) is 5.11 Å². The van der Waals surface area contributed by atoms with Crippen LogP contribution >= 0.6 is 0 Å². The van der Waals surface area contributed by atoms with E-state index < -0.39 is 0 Å². The average Bonchev–Trinajstić information content (AvgIpc) is 2.68. The van der Waals surface area contributed by atoms with E-state index in [0.29, 0.717) is 11.8 Å². The topological polar surface area (TPSA) is 33.4 Å². The smallest absolute Gasteiger partial charge is 0.0960 e. The predicted octanol–water partition coefficient (Wildman–Crippen LogP) is 3.78. The highest BCUT2D eigenvalue weighted by Gasteiger charge is 2.41. The number of aliphatic hydroxyl groups excluding tert-OH is 1. The van der Waals surface area contributed by atoms with Gasteiger partial charge in [0.1, 0.15) is 0 Å². The Kier molecular flexibility index (Phi) is 3.11. The minimum atomic E-state index is -0.385. The zero-order chi connectivity index (χ0) is 11.8. The lowest BCUT2D eigenvalue weighted by Crippen LogP contribution is -2.37. The fraction of sp³-hybridized carbons (Fsp3) is 0.714. The number of rotatable bonds is 2. The maximum atomic E-state index is 10.5. The molecule has 0 aliphatic heterocycles. The summed E-state index contributed by atoms with van der Waals surface area (Å²) in [4.78, 5) is 0. The summed E-state index contributed by atoms with van der Waals surface area (Å²) in [5.41, 5.74) is 1.14. The van der Waals surface area contributed by atoms with Crippen LogP contribution in [0.15, 0.2) is 23.0 Å². The molecular weight excluding hydrogens is 200 g/mol. The lowest BCUT2D eigenvalue weighted by Gasteiger charge is -2.45. The third-order valence-corrected chi connectivity index (χ3v) is 4.22. The Balaban J connectivity index is 2.23. The van der Waals surface area contributed by atoms with Gasteiger partial charge in [0.25, 0.3) is 0 Å². The first-order chi connectivity index (χ1) is 7.52. The van der Waals surface area contributed by atoms with E-state index in [-0.39, 0.29) is 11.5 Å². The minimum absolute atomic E-state index is 0.217. The van der Waals surface area contributed by atoms with Gasteiger partial charge in [0.15, 0.2) is 0 Å². The van der Waals surface area contributed by atoms with E-state index in [1.165, 1.54) is 19.3 Å². The third kappa shape index (κ3) is 2.03. The lowest BCUT2D eigenvalue weighted by atomic mass is 9.61. The van der Waals surface area contributed by atoms with Crippen molar-refractivity contribution < 1.29 is 9.52 Å². The van der Waals surface area contributed by atoms with Crippen molar-refractivity contribution in [3.8, 4) is 0 Å². The largest absolute Gasteiger partial charge is 0.472 e. The van der Waals surface area contributed by atoms with Crippen molar-refractivity contribution in [1.82, 2.24) is 0 Å². The second kappa shape index (κ2) is 4.25. The molecule has 0 radical (unpaired) electrons. The van der Waals surface area contributed by atoms with Crippen LogP contribution in [-0.2, 0) is 0 Å². The van der Waals surface area contributed by atoms with E-state index in [1.807, 2.05) is 6.07 Å². The van der Waals surface area contributed by atoms with Crippen LogP contribution in [0.5, 0.6) is 0 Å². The highest BCUT2D eigenvalue weighted by molar-refractivity contribution is 5.12. The first-order valence-corrected chi connectivity index (χ1v) is 6.22. The molecule has 16 heavy (non-hydrogen) atoms. The van der Waals surface area contributed by atoms with Crippen LogP contribution in [0.3, 0.4) is 0 Å². The van der Waals surface area contributed by atoms with Crippen LogP contribution in [0.4, 0.5) is 0 Å². The Bertz CT molecular complexity index is 327. The molecular formula is C14H22O2. The van der Waals surface area contributed by atoms with Crippen LogP contribution < -0.4 is 0 Å². The number of hydrogen-bond donors (Lipinski definition) is 1. The van der Waals surface area contributed by atoms with E-state index in [4.69, 9.17) is 4.42 Å². The van der Waals surface area contributed by atoms with Gasteiger partial charge in [-0.3, -0.25) is 0 Å². The van der Waals surface area contributed by atoms with E-state index in [0.717, 1.165) is 5.56 Å². The van der Waals surface area contributed by atoms with Gasteiger partial charge in [-0.25, -0.2) is 0 Å². The van der Waals surface area contributed by atoms with Crippen LogP contribution in [0.25, 0.3) is 0 Å². The standard InChI is InChI=1S/C14H22O2/c1-10-5-4-7-14(2,3)12(10)13(15)11-6-8-16-9-11/h6,8-10,12-13,15H,4-5,7H2,1-3H3/t10-,12-,13+/m0/s1. The Morgan fingerprint density at radius 2 is 2.25 bits per heavy atom. The van der Waals surface area contributed by atoms with Crippen LogP contribution in [0.1, 0.15) is 51.7 Å². The summed E-state index contributed by atoms with van der Waals surface area (Å²) in [6.45, 7) is 6.81. The minimum Gasteiger partial charge on any atom is -0.472 e. The molecule has 1 aliphatic carbocycles. The van der Waals surface area contributed by atoms with Crippen molar-refractivity contribution in [2.45, 2.75) is 46.1 Å². The average molecular weight is 222 g/mol. The molecule has 1 aromatic heterocycles. The lowest BCUT2D eigenvalue weighted by molar-refractivity contribution is -0.0295. The molecule has 1 saturated carbocycles. The SMILES string of the molecule is C[C@H]1CCCC(C)(C)[C@@H]1[C@H](O)c1ccoc1. The molecule has 0 aromatic carbocycles. The molecule has 0 saturated heterocycles. The Labute approximate surface area is 97.7 Å². The highest BCUT2D eigenvalue weighted by Crippen LogP contribution is 2.49. The second-order valence-electron chi connectivity index (χ2n) is 5.89. The normalized spacial score (nSPS) is 31.2. The van der Waals surface area contributed by atoms with Gasteiger partial charge in [0, 0.05) is 5.56 Å². The third-order valence-electron chi connectivity index (χ3n) is 4.22. The highest BCUT2D eigenvalue weighted by atomic mass is 16.3. The Morgan fingerprint density at radius 1 is 1.50 bits per heavy atom. The van der Waals surface area contributed by atoms with Gasteiger partial charge >= 0.3 is 0 Å². The first-order valence-electron chi connectivity index (χ1n) is 6.22. The molecule has 2 rings (SSSR count). The molecule has 0 bridgehead atoms. The van der Waals surface area contributed by atoms with Gasteiger partial charge in [0.2, 0.25) is 0 Å². The zero-order valence-electron chi connectivity index (χ0n) is 10.4. The molecule has 2 heteroatoms. The molecule has 1 aromatic rings. The first kappa shape index (κ1) is 11.7. The fourth-order valence-electron chi connectivity index (χ4n) is 3.39. The van der Waals surface area contributed by atoms with Gasteiger partial charge in [0.05, 0.1) is 18.6 Å². The number of aliphatic hydroxyl groups is 1. The van der Waals surface area contributed by atoms with Crippen molar-refractivity contribution in [1.29, 1.82) is 0 Å². The van der Waals surface area contributed by atoms with Crippen LogP contribution in [0.2, 0.25) is 0 Å². The summed E-state index contributed by atoms with van der Waals surface area (Å²) in [5.74, 6) is 0.910.